The summed E-state index contributed by atoms with van der Waals surface area (Å²) in [4.78, 5) is 0. The van der Waals surface area contributed by atoms with E-state index in [1.807, 2.05) is 12.1 Å². The molecule has 0 N–H and O–H groups in total. The lowest BCUT2D eigenvalue weighted by atomic mass is 9.99. The van der Waals surface area contributed by atoms with Gasteiger partial charge in [0.2, 0.25) is 0 Å². The van der Waals surface area contributed by atoms with E-state index in [1.54, 1.807) is 7.11 Å². The Morgan fingerprint density at radius 3 is 2.26 bits per heavy atom. The van der Waals surface area contributed by atoms with Crippen LogP contribution in [-0.2, 0) is 6.42 Å². The van der Waals surface area contributed by atoms with Gasteiger partial charge < -0.3 is 4.74 Å². The van der Waals surface area contributed by atoms with E-state index in [9.17, 15) is 0 Å². The van der Waals surface area contributed by atoms with Crippen LogP contribution in [0.4, 0.5) is 0 Å². The van der Waals surface area contributed by atoms with Gasteiger partial charge in [-0.25, -0.2) is 0 Å². The van der Waals surface area contributed by atoms with Gasteiger partial charge in [-0.2, -0.15) is 0 Å². The molecule has 3 aromatic rings. The first-order valence-corrected chi connectivity index (χ1v) is 8.08. The highest BCUT2D eigenvalue weighted by Crippen LogP contribution is 2.27. The predicted octanol–water partition coefficient (Wildman–Crippen LogP) is 6.02. The number of ether oxygens (including phenoxy) is 1. The average molecular weight is 302 g/mol. The second-order valence-corrected chi connectivity index (χ2v) is 5.73. The van der Waals surface area contributed by atoms with E-state index in [-0.39, 0.29) is 0 Å². The van der Waals surface area contributed by atoms with Crippen LogP contribution in [0.15, 0.2) is 72.8 Å². The fraction of sp³-hybridized carbons (Fsp3) is 0.182. The number of fused-ring (bicyclic) bond motifs is 1. The van der Waals surface area contributed by atoms with Crippen molar-refractivity contribution in [1.29, 1.82) is 0 Å². The third kappa shape index (κ3) is 3.62. The molecule has 0 aliphatic heterocycles. The second-order valence-electron chi connectivity index (χ2n) is 5.73. The summed E-state index contributed by atoms with van der Waals surface area (Å²) in [7, 11) is 1.69. The number of methoxy groups -OCH3 is 1. The molecular weight excluding hydrogens is 280 g/mol. The first-order valence-electron chi connectivity index (χ1n) is 8.08. The Hall–Kier alpha value is -2.54. The monoisotopic (exact) mass is 302 g/mol. The van der Waals surface area contributed by atoms with E-state index in [2.05, 4.69) is 67.6 Å². The Bertz CT molecular complexity index is 813. The van der Waals surface area contributed by atoms with Crippen molar-refractivity contribution in [2.45, 2.75) is 19.8 Å². The smallest absolute Gasteiger partial charge is 0.118 e. The fourth-order valence-corrected chi connectivity index (χ4v) is 2.83. The van der Waals surface area contributed by atoms with E-state index in [0.717, 1.165) is 18.6 Å². The molecule has 0 saturated heterocycles. The van der Waals surface area contributed by atoms with Gasteiger partial charge in [0.15, 0.2) is 0 Å². The predicted molar refractivity (Wildman–Crippen MR) is 99.1 cm³/mol. The lowest BCUT2D eigenvalue weighted by Crippen LogP contribution is -1.85. The maximum absolute atomic E-state index is 5.22. The molecular formula is C22H22O. The minimum absolute atomic E-state index is 0.889. The maximum Gasteiger partial charge on any atom is 0.118 e. The largest absolute Gasteiger partial charge is 0.497 e. The molecule has 0 aliphatic rings. The normalized spacial score (nSPS) is 11.2. The zero-order valence-corrected chi connectivity index (χ0v) is 13.8. The van der Waals surface area contributed by atoms with Gasteiger partial charge in [0, 0.05) is 0 Å². The zero-order chi connectivity index (χ0) is 16.1. The second kappa shape index (κ2) is 7.15. The third-order valence-electron chi connectivity index (χ3n) is 4.16. The van der Waals surface area contributed by atoms with E-state index in [0.29, 0.717) is 0 Å². The molecule has 1 heteroatoms. The van der Waals surface area contributed by atoms with Crippen LogP contribution in [0.2, 0.25) is 0 Å². The van der Waals surface area contributed by atoms with Crippen LogP contribution in [0.3, 0.4) is 0 Å². The third-order valence-corrected chi connectivity index (χ3v) is 4.16. The van der Waals surface area contributed by atoms with Crippen molar-refractivity contribution >= 4 is 10.8 Å². The van der Waals surface area contributed by atoms with Gasteiger partial charge >= 0.3 is 0 Å². The first kappa shape index (κ1) is 15.4. The Labute approximate surface area is 138 Å². The molecule has 3 rings (SSSR count). The van der Waals surface area contributed by atoms with E-state index >= 15 is 0 Å². The Balaban J connectivity index is 1.88. The maximum atomic E-state index is 5.22. The molecule has 0 fully saturated rings. The van der Waals surface area contributed by atoms with E-state index in [1.165, 1.54) is 27.5 Å². The molecule has 0 aliphatic carbocycles. The van der Waals surface area contributed by atoms with Gasteiger partial charge in [0.05, 0.1) is 7.11 Å². The van der Waals surface area contributed by atoms with Crippen LogP contribution in [0.1, 0.15) is 18.9 Å². The van der Waals surface area contributed by atoms with Gasteiger partial charge in [-0.3, -0.25) is 0 Å². The molecule has 0 aromatic heterocycles. The standard InChI is InChI=1S/C22H22O/c1-3-4-5-6-17-7-8-21-16-20(10-9-19(21)15-17)18-11-13-22(23-2)14-12-18/h3-4,7-16H,5-6H2,1-2H3/b4-3+. The summed E-state index contributed by atoms with van der Waals surface area (Å²) in [5.74, 6) is 0.889. The zero-order valence-electron chi connectivity index (χ0n) is 13.8. The summed E-state index contributed by atoms with van der Waals surface area (Å²) in [6, 6.07) is 21.7. The molecule has 1 nitrogen and oxygen atoms in total. The van der Waals surface area contributed by atoms with Crippen LogP contribution in [0.25, 0.3) is 21.9 Å². The molecule has 0 amide bonds. The Morgan fingerprint density at radius 2 is 1.52 bits per heavy atom. The fourth-order valence-electron chi connectivity index (χ4n) is 2.83. The molecule has 0 radical (unpaired) electrons. The average Bonchev–Trinajstić information content (AvgIpc) is 2.61. The molecule has 0 bridgehead atoms. The van der Waals surface area contributed by atoms with Crippen LogP contribution in [0, 0.1) is 0 Å². The summed E-state index contributed by atoms with van der Waals surface area (Å²) in [5, 5.41) is 2.59. The van der Waals surface area contributed by atoms with Crippen molar-refractivity contribution in [1.82, 2.24) is 0 Å². The van der Waals surface area contributed by atoms with Crippen LogP contribution in [-0.4, -0.2) is 7.11 Å². The molecule has 3 aromatic carbocycles. The number of rotatable bonds is 5. The lowest BCUT2D eigenvalue weighted by molar-refractivity contribution is 0.415. The number of hydrogen-bond donors (Lipinski definition) is 0. The molecule has 0 unspecified atom stereocenters. The molecule has 0 atom stereocenters. The van der Waals surface area contributed by atoms with E-state index in [4.69, 9.17) is 4.74 Å². The summed E-state index contributed by atoms with van der Waals surface area (Å²) >= 11 is 0. The Kier molecular flexibility index (Phi) is 4.77. The molecule has 116 valence electrons. The summed E-state index contributed by atoms with van der Waals surface area (Å²) in [6.07, 6.45) is 6.53. The topological polar surface area (TPSA) is 9.23 Å². The van der Waals surface area contributed by atoms with Crippen LogP contribution >= 0.6 is 0 Å². The minimum atomic E-state index is 0.889. The molecule has 0 saturated carbocycles. The van der Waals surface area contributed by atoms with Gasteiger partial charge in [-0.05, 0) is 65.4 Å². The summed E-state index contributed by atoms with van der Waals surface area (Å²) in [6.45, 7) is 2.07. The number of hydrogen-bond acceptors (Lipinski definition) is 1. The lowest BCUT2D eigenvalue weighted by Gasteiger charge is -2.07. The minimum Gasteiger partial charge on any atom is -0.497 e. The van der Waals surface area contributed by atoms with Crippen molar-refractivity contribution in [3.05, 3.63) is 78.4 Å². The number of allylic oxidation sites excluding steroid dienone is 2. The van der Waals surface area contributed by atoms with Gasteiger partial charge in [0.25, 0.3) is 0 Å². The van der Waals surface area contributed by atoms with E-state index < -0.39 is 0 Å². The molecule has 0 heterocycles. The van der Waals surface area contributed by atoms with Crippen molar-refractivity contribution in [3.8, 4) is 16.9 Å². The van der Waals surface area contributed by atoms with Crippen LogP contribution < -0.4 is 4.74 Å². The highest BCUT2D eigenvalue weighted by atomic mass is 16.5. The van der Waals surface area contributed by atoms with Gasteiger partial charge in [-0.1, -0.05) is 54.6 Å². The summed E-state index contributed by atoms with van der Waals surface area (Å²) < 4.78 is 5.22. The molecule has 0 spiro atoms. The highest BCUT2D eigenvalue weighted by Gasteiger charge is 2.02. The van der Waals surface area contributed by atoms with Crippen molar-refractivity contribution in [3.63, 3.8) is 0 Å². The quantitative estimate of drug-likeness (QED) is 0.523. The highest BCUT2D eigenvalue weighted by molar-refractivity contribution is 5.87. The van der Waals surface area contributed by atoms with Crippen molar-refractivity contribution < 1.29 is 4.74 Å². The first-order chi connectivity index (χ1) is 11.3. The number of aryl methyl sites for hydroxylation is 1. The SMILES string of the molecule is C/C=C/CCc1ccc2cc(-c3ccc(OC)cc3)ccc2c1. The van der Waals surface area contributed by atoms with Gasteiger partial charge in [-0.15, -0.1) is 0 Å². The number of benzene rings is 3. The Morgan fingerprint density at radius 1 is 0.826 bits per heavy atom. The molecule has 23 heavy (non-hydrogen) atoms. The van der Waals surface area contributed by atoms with Crippen LogP contribution in [0.5, 0.6) is 5.75 Å². The van der Waals surface area contributed by atoms with Crippen molar-refractivity contribution in [2.24, 2.45) is 0 Å². The van der Waals surface area contributed by atoms with Crippen molar-refractivity contribution in [2.75, 3.05) is 7.11 Å². The summed E-state index contributed by atoms with van der Waals surface area (Å²) in [5.41, 5.74) is 3.85. The van der Waals surface area contributed by atoms with Gasteiger partial charge in [0.1, 0.15) is 5.75 Å².